The van der Waals surface area contributed by atoms with Gasteiger partial charge in [0.15, 0.2) is 34.9 Å². The van der Waals surface area contributed by atoms with Crippen molar-refractivity contribution in [2.24, 2.45) is 11.8 Å². The maximum atomic E-state index is 14.4. The average Bonchev–Trinajstić information content (AvgIpc) is 3.40. The molecular formula is C28H31F5N6O4. The highest BCUT2D eigenvalue weighted by atomic mass is 19.2. The molecule has 10 nitrogen and oxygen atoms in total. The standard InChI is InChI=1S/C28H31F5N6O4/c1-14(2)10-17(34-27(41)18(11-15(3)4)35-28(42)43-13-16-8-6-5-7-9-16)19(40)12-39-26(36-37-38-39)20-21(29)23(31)25(33)24(32)22(20)30/h5-9,14-15,17-18H,10-13H2,1-4H3,(H,34,41)(H,35,42)/t17-,18-/m0/s1. The lowest BCUT2D eigenvalue weighted by Crippen LogP contribution is -2.52. The number of aromatic nitrogens is 4. The first-order valence-electron chi connectivity index (χ1n) is 13.4. The molecule has 0 aliphatic carbocycles. The van der Waals surface area contributed by atoms with Crippen LogP contribution in [0, 0.1) is 40.9 Å². The summed E-state index contributed by atoms with van der Waals surface area (Å²) in [5, 5.41) is 15.2. The Morgan fingerprint density at radius 3 is 1.95 bits per heavy atom. The number of hydrogen-bond donors (Lipinski definition) is 2. The van der Waals surface area contributed by atoms with E-state index < -0.39 is 76.9 Å². The quantitative estimate of drug-likeness (QED) is 0.166. The van der Waals surface area contributed by atoms with E-state index in [1.54, 1.807) is 44.2 Å². The molecule has 15 heteroatoms. The molecule has 0 radical (unpaired) electrons. The van der Waals surface area contributed by atoms with Gasteiger partial charge in [-0.05, 0) is 40.7 Å². The molecule has 0 aliphatic rings. The molecule has 2 amide bonds. The lowest BCUT2D eigenvalue weighted by Gasteiger charge is -2.25. The number of Topliss-reactive ketones (excluding diaryl/α,β-unsaturated/α-hetero) is 1. The van der Waals surface area contributed by atoms with Crippen molar-refractivity contribution in [3.05, 3.63) is 65.0 Å². The number of hydrogen-bond acceptors (Lipinski definition) is 7. The summed E-state index contributed by atoms with van der Waals surface area (Å²) in [6.07, 6.45) is -0.540. The molecule has 0 unspecified atom stereocenters. The molecule has 2 aromatic carbocycles. The highest BCUT2D eigenvalue weighted by molar-refractivity contribution is 5.92. The van der Waals surface area contributed by atoms with Crippen LogP contribution in [0.25, 0.3) is 11.4 Å². The topological polar surface area (TPSA) is 128 Å². The van der Waals surface area contributed by atoms with Gasteiger partial charge >= 0.3 is 6.09 Å². The van der Waals surface area contributed by atoms with Crippen LogP contribution in [-0.2, 0) is 27.5 Å². The smallest absolute Gasteiger partial charge is 0.408 e. The summed E-state index contributed by atoms with van der Waals surface area (Å²) in [6.45, 7) is 6.39. The molecule has 0 fully saturated rings. The van der Waals surface area contributed by atoms with Gasteiger partial charge in [0.25, 0.3) is 0 Å². The van der Waals surface area contributed by atoms with E-state index in [9.17, 15) is 36.3 Å². The summed E-state index contributed by atoms with van der Waals surface area (Å²) in [7, 11) is 0. The van der Waals surface area contributed by atoms with Crippen molar-refractivity contribution in [2.75, 3.05) is 0 Å². The van der Waals surface area contributed by atoms with Crippen molar-refractivity contribution in [1.82, 2.24) is 30.8 Å². The number of alkyl carbamates (subject to hydrolysis) is 1. The van der Waals surface area contributed by atoms with E-state index in [4.69, 9.17) is 4.74 Å². The minimum atomic E-state index is -2.36. The number of amides is 2. The van der Waals surface area contributed by atoms with E-state index in [0.717, 1.165) is 5.56 Å². The number of ether oxygens (including phenoxy) is 1. The van der Waals surface area contributed by atoms with Gasteiger partial charge in [0, 0.05) is 0 Å². The number of tetrazole rings is 1. The van der Waals surface area contributed by atoms with Gasteiger partial charge in [-0.2, -0.15) is 0 Å². The monoisotopic (exact) mass is 610 g/mol. The van der Waals surface area contributed by atoms with E-state index >= 15 is 0 Å². The fourth-order valence-electron chi connectivity index (χ4n) is 4.17. The maximum absolute atomic E-state index is 14.4. The summed E-state index contributed by atoms with van der Waals surface area (Å²) in [4.78, 5) is 39.1. The molecule has 0 aliphatic heterocycles. The van der Waals surface area contributed by atoms with Gasteiger partial charge in [0.05, 0.1) is 11.6 Å². The molecule has 3 rings (SSSR count). The highest BCUT2D eigenvalue weighted by Crippen LogP contribution is 2.30. The molecule has 2 atom stereocenters. The Hall–Kier alpha value is -4.43. The van der Waals surface area contributed by atoms with Crippen molar-refractivity contribution < 1.29 is 41.1 Å². The molecule has 0 bridgehead atoms. The summed E-state index contributed by atoms with van der Waals surface area (Å²) in [5.41, 5.74) is -0.674. The van der Waals surface area contributed by atoms with Gasteiger partial charge in [-0.15, -0.1) is 5.10 Å². The van der Waals surface area contributed by atoms with Crippen molar-refractivity contribution in [3.63, 3.8) is 0 Å². The molecule has 2 N–H and O–H groups in total. The van der Waals surface area contributed by atoms with Crippen molar-refractivity contribution in [3.8, 4) is 11.4 Å². The number of rotatable bonds is 13. The van der Waals surface area contributed by atoms with E-state index in [2.05, 4.69) is 26.2 Å². The number of halogens is 5. The van der Waals surface area contributed by atoms with E-state index in [-0.39, 0.29) is 31.3 Å². The Morgan fingerprint density at radius 1 is 0.814 bits per heavy atom. The Labute approximate surface area is 244 Å². The van der Waals surface area contributed by atoms with Crippen LogP contribution in [0.15, 0.2) is 30.3 Å². The number of nitrogens with one attached hydrogen (secondary N) is 2. The van der Waals surface area contributed by atoms with Crippen molar-refractivity contribution in [1.29, 1.82) is 0 Å². The molecule has 43 heavy (non-hydrogen) atoms. The van der Waals surface area contributed by atoms with E-state index in [1.807, 2.05) is 13.8 Å². The number of carbonyl (C=O) groups excluding carboxylic acids is 3. The van der Waals surface area contributed by atoms with Crippen LogP contribution in [0.1, 0.15) is 46.1 Å². The largest absolute Gasteiger partial charge is 0.445 e. The molecule has 3 aromatic rings. The summed E-state index contributed by atoms with van der Waals surface area (Å²) in [6, 6.07) is 6.62. The first-order chi connectivity index (χ1) is 20.3. The fraction of sp³-hybridized carbons (Fsp3) is 0.429. The van der Waals surface area contributed by atoms with Crippen molar-refractivity contribution >= 4 is 17.8 Å². The summed E-state index contributed by atoms with van der Waals surface area (Å²) < 4.78 is 75.8. The summed E-state index contributed by atoms with van der Waals surface area (Å²) in [5.74, 6) is -13.6. The van der Waals surface area contributed by atoms with Crippen LogP contribution < -0.4 is 10.6 Å². The molecule has 0 saturated carbocycles. The number of benzene rings is 2. The normalized spacial score (nSPS) is 12.7. The third kappa shape index (κ3) is 8.55. The lowest BCUT2D eigenvalue weighted by molar-refractivity contribution is -0.129. The van der Waals surface area contributed by atoms with Gasteiger partial charge in [0.1, 0.15) is 19.2 Å². The number of carbonyl (C=O) groups is 3. The Morgan fingerprint density at radius 2 is 1.37 bits per heavy atom. The zero-order valence-corrected chi connectivity index (χ0v) is 23.8. The first-order valence-corrected chi connectivity index (χ1v) is 13.4. The van der Waals surface area contributed by atoms with Crippen LogP contribution in [-0.4, -0.2) is 50.1 Å². The number of nitrogens with zero attached hydrogens (tertiary/aromatic N) is 4. The minimum absolute atomic E-state index is 0.0333. The highest BCUT2D eigenvalue weighted by Gasteiger charge is 2.32. The van der Waals surface area contributed by atoms with Gasteiger partial charge in [-0.1, -0.05) is 58.0 Å². The molecular weight excluding hydrogens is 579 g/mol. The zero-order chi connectivity index (χ0) is 31.8. The third-order valence-corrected chi connectivity index (χ3v) is 6.21. The van der Waals surface area contributed by atoms with E-state index in [0.29, 0.717) is 4.68 Å². The zero-order valence-electron chi connectivity index (χ0n) is 23.8. The molecule has 1 aromatic heterocycles. The minimum Gasteiger partial charge on any atom is -0.445 e. The van der Waals surface area contributed by atoms with Gasteiger partial charge in [0.2, 0.25) is 11.7 Å². The van der Waals surface area contributed by atoms with Crippen LogP contribution in [0.4, 0.5) is 26.7 Å². The third-order valence-electron chi connectivity index (χ3n) is 6.21. The SMILES string of the molecule is CC(C)C[C@H](NC(=O)[C@H](CC(C)C)NC(=O)OCc1ccccc1)C(=O)Cn1nnnc1-c1c(F)c(F)c(F)c(F)c1F. The van der Waals surface area contributed by atoms with Crippen LogP contribution in [0.5, 0.6) is 0 Å². The first kappa shape index (κ1) is 33.1. The Kier molecular flexibility index (Phi) is 11.3. The second kappa shape index (κ2) is 14.6. The van der Waals surface area contributed by atoms with Gasteiger partial charge in [-0.25, -0.2) is 31.4 Å². The molecule has 0 saturated heterocycles. The molecule has 1 heterocycles. The average molecular weight is 611 g/mol. The molecule has 0 spiro atoms. The second-order valence-corrected chi connectivity index (χ2v) is 10.7. The van der Waals surface area contributed by atoms with E-state index in [1.165, 1.54) is 0 Å². The Bertz CT molecular complexity index is 1420. The fourth-order valence-corrected chi connectivity index (χ4v) is 4.17. The van der Waals surface area contributed by atoms with Crippen LogP contribution in [0.3, 0.4) is 0 Å². The maximum Gasteiger partial charge on any atom is 0.408 e. The summed E-state index contributed by atoms with van der Waals surface area (Å²) >= 11 is 0. The van der Waals surface area contributed by atoms with Gasteiger partial charge in [-0.3, -0.25) is 9.59 Å². The lowest BCUT2D eigenvalue weighted by atomic mass is 9.98. The molecule has 232 valence electrons. The predicted octanol–water partition coefficient (Wildman–Crippen LogP) is 4.48. The second-order valence-electron chi connectivity index (χ2n) is 10.7. The van der Waals surface area contributed by atoms with Gasteiger partial charge < -0.3 is 15.4 Å². The van der Waals surface area contributed by atoms with Crippen LogP contribution in [0.2, 0.25) is 0 Å². The van der Waals surface area contributed by atoms with Crippen LogP contribution >= 0.6 is 0 Å². The predicted molar refractivity (Wildman–Crippen MR) is 142 cm³/mol. The number of ketones is 1. The Balaban J connectivity index is 1.78. The van der Waals surface area contributed by atoms with Crippen molar-refractivity contribution in [2.45, 2.75) is 65.8 Å².